The second-order valence-corrected chi connectivity index (χ2v) is 10.0. The lowest BCUT2D eigenvalue weighted by molar-refractivity contribution is -0.959. The Labute approximate surface area is 209 Å². The molecule has 3 saturated heterocycles. The van der Waals surface area contributed by atoms with Gasteiger partial charge in [-0.05, 0) is 23.3 Å². The van der Waals surface area contributed by atoms with E-state index in [2.05, 4.69) is 10.1 Å². The fourth-order valence-electron chi connectivity index (χ4n) is 5.81. The molecule has 0 spiro atoms. The Morgan fingerprint density at radius 2 is 1.61 bits per heavy atom. The van der Waals surface area contributed by atoms with Crippen LogP contribution in [0.15, 0.2) is 89.5 Å². The summed E-state index contributed by atoms with van der Waals surface area (Å²) in [6.45, 7) is 3.32. The van der Waals surface area contributed by atoms with Crippen molar-refractivity contribution in [3.05, 3.63) is 114 Å². The molecule has 0 unspecified atom stereocenters. The number of fused-ring (bicyclic) bond motifs is 3. The molecule has 0 aliphatic carbocycles. The molecule has 3 aromatic carbocycles. The number of benzene rings is 3. The number of hydrogen-bond donors (Lipinski definition) is 0. The molecule has 184 valence electrons. The molecule has 0 amide bonds. The van der Waals surface area contributed by atoms with Crippen LogP contribution in [0.1, 0.15) is 35.7 Å². The lowest BCUT2D eigenvalue weighted by Crippen LogP contribution is -2.64. The van der Waals surface area contributed by atoms with E-state index in [-0.39, 0.29) is 17.7 Å². The zero-order valence-electron chi connectivity index (χ0n) is 19.9. The largest absolute Gasteiger partial charge is 0.837 e. The molecule has 7 heteroatoms. The molecule has 0 saturated carbocycles. The average molecular weight is 486 g/mol. The van der Waals surface area contributed by atoms with Crippen LogP contribution in [0, 0.1) is 11.7 Å². The van der Waals surface area contributed by atoms with E-state index in [1.807, 2.05) is 60.7 Å². The first-order valence-corrected chi connectivity index (χ1v) is 12.5. The standard InChI is InChI=1S/C29H28FN3O3/c30-24-12-7-13-25(18-24)35-26-19-33(16-14-21(26)15-17-33)20-27-31-28(32-36-27)29(34,22-8-3-1-4-9-22)23-10-5-2-6-11-23/h1-13,18,21,26H,14-17,19-20H2/t21?,26-,33?/m0/s1. The van der Waals surface area contributed by atoms with Gasteiger partial charge in [-0.2, -0.15) is 4.98 Å². The van der Waals surface area contributed by atoms with Crippen molar-refractivity contribution >= 4 is 0 Å². The summed E-state index contributed by atoms with van der Waals surface area (Å²) in [6.07, 6.45) is 2.06. The van der Waals surface area contributed by atoms with Crippen LogP contribution < -0.4 is 9.84 Å². The van der Waals surface area contributed by atoms with Crippen molar-refractivity contribution in [3.63, 3.8) is 0 Å². The van der Waals surface area contributed by atoms with Gasteiger partial charge in [-0.1, -0.05) is 71.9 Å². The molecule has 3 aliphatic rings. The Hall–Kier alpha value is -3.55. The number of ether oxygens (including phenoxy) is 1. The van der Waals surface area contributed by atoms with Gasteiger partial charge in [0.25, 0.3) is 5.89 Å². The number of rotatable bonds is 7. The summed E-state index contributed by atoms with van der Waals surface area (Å²) in [7, 11) is 0. The summed E-state index contributed by atoms with van der Waals surface area (Å²) in [5, 5.41) is 18.6. The van der Waals surface area contributed by atoms with E-state index in [0.29, 0.717) is 35.2 Å². The first-order chi connectivity index (χ1) is 17.5. The zero-order valence-corrected chi connectivity index (χ0v) is 19.9. The van der Waals surface area contributed by atoms with Gasteiger partial charge in [0.1, 0.15) is 18.1 Å². The van der Waals surface area contributed by atoms with Gasteiger partial charge < -0.3 is 18.8 Å². The van der Waals surface area contributed by atoms with Crippen LogP contribution in [0.3, 0.4) is 0 Å². The van der Waals surface area contributed by atoms with Gasteiger partial charge >= 0.3 is 0 Å². The summed E-state index contributed by atoms with van der Waals surface area (Å²) < 4.78 is 26.4. The first kappa shape index (κ1) is 22.9. The predicted octanol–water partition coefficient (Wildman–Crippen LogP) is 4.05. The highest BCUT2D eigenvalue weighted by Gasteiger charge is 2.48. The highest BCUT2D eigenvalue weighted by atomic mass is 19.1. The highest BCUT2D eigenvalue weighted by molar-refractivity contribution is 5.41. The molecule has 3 fully saturated rings. The smallest absolute Gasteiger partial charge is 0.281 e. The van der Waals surface area contributed by atoms with Crippen molar-refractivity contribution in [3.8, 4) is 5.75 Å². The lowest BCUT2D eigenvalue weighted by atomic mass is 9.83. The molecule has 36 heavy (non-hydrogen) atoms. The van der Waals surface area contributed by atoms with Crippen LogP contribution in [-0.2, 0) is 12.1 Å². The molecule has 6 nitrogen and oxygen atoms in total. The van der Waals surface area contributed by atoms with Crippen LogP contribution in [0.2, 0.25) is 0 Å². The van der Waals surface area contributed by atoms with Crippen LogP contribution in [0.5, 0.6) is 5.75 Å². The van der Waals surface area contributed by atoms with Crippen molar-refractivity contribution in [2.45, 2.75) is 31.1 Å². The number of nitrogens with zero attached hydrogens (tertiary/aromatic N) is 3. The third-order valence-corrected chi connectivity index (χ3v) is 7.74. The zero-order chi connectivity index (χ0) is 24.6. The second kappa shape index (κ2) is 9.15. The van der Waals surface area contributed by atoms with Gasteiger partial charge in [0.05, 0.1) is 13.1 Å². The number of aromatic nitrogens is 2. The van der Waals surface area contributed by atoms with E-state index in [4.69, 9.17) is 9.26 Å². The lowest BCUT2D eigenvalue weighted by Gasteiger charge is -2.51. The maximum atomic E-state index is 14.4. The number of piperidine rings is 3. The molecule has 7 rings (SSSR count). The molecule has 0 N–H and O–H groups in total. The van der Waals surface area contributed by atoms with Crippen LogP contribution in [-0.4, -0.2) is 40.4 Å². The normalized spacial score (nSPS) is 23.5. The van der Waals surface area contributed by atoms with E-state index >= 15 is 0 Å². The maximum absolute atomic E-state index is 14.4. The second-order valence-electron chi connectivity index (χ2n) is 10.0. The molecule has 4 aromatic rings. The van der Waals surface area contributed by atoms with Crippen LogP contribution >= 0.6 is 0 Å². The molecule has 4 heterocycles. The maximum Gasteiger partial charge on any atom is 0.281 e. The van der Waals surface area contributed by atoms with Gasteiger partial charge in [-0.15, -0.1) is 0 Å². The third-order valence-electron chi connectivity index (χ3n) is 7.74. The summed E-state index contributed by atoms with van der Waals surface area (Å²) in [5.41, 5.74) is -0.641. The molecular formula is C29H28FN3O3. The van der Waals surface area contributed by atoms with Gasteiger partial charge in [0, 0.05) is 30.4 Å². The van der Waals surface area contributed by atoms with E-state index in [9.17, 15) is 9.50 Å². The molecule has 1 atom stereocenters. The number of halogens is 1. The molecule has 2 bridgehead atoms. The van der Waals surface area contributed by atoms with Gasteiger partial charge in [-0.3, -0.25) is 0 Å². The third kappa shape index (κ3) is 4.18. The van der Waals surface area contributed by atoms with Crippen molar-refractivity contribution in [1.82, 2.24) is 10.1 Å². The van der Waals surface area contributed by atoms with Crippen molar-refractivity contribution in [1.29, 1.82) is 0 Å². The highest BCUT2D eigenvalue weighted by Crippen LogP contribution is 2.38. The van der Waals surface area contributed by atoms with E-state index in [1.54, 1.807) is 12.1 Å². The SMILES string of the molecule is [O-]C(c1ccccc1)(c1ccccc1)c1noc(C[N+]23CCC(CC2)[C@@H](Oc2cccc(F)c2)C3)n1. The quantitative estimate of drug-likeness (QED) is 0.370. The summed E-state index contributed by atoms with van der Waals surface area (Å²) in [4.78, 5) is 4.66. The molecule has 1 aromatic heterocycles. The summed E-state index contributed by atoms with van der Waals surface area (Å²) >= 11 is 0. The van der Waals surface area contributed by atoms with E-state index in [0.717, 1.165) is 37.0 Å². The summed E-state index contributed by atoms with van der Waals surface area (Å²) in [6, 6.07) is 24.7. The number of quaternary nitrogens is 1. The molecule has 3 aliphatic heterocycles. The first-order valence-electron chi connectivity index (χ1n) is 12.5. The van der Waals surface area contributed by atoms with Crippen molar-refractivity contribution in [2.24, 2.45) is 5.92 Å². The molecule has 0 radical (unpaired) electrons. The minimum absolute atomic E-state index is 0.00364. The minimum atomic E-state index is -1.78. The van der Waals surface area contributed by atoms with Crippen LogP contribution in [0.4, 0.5) is 4.39 Å². The Morgan fingerprint density at radius 1 is 0.944 bits per heavy atom. The predicted molar refractivity (Wildman–Crippen MR) is 129 cm³/mol. The van der Waals surface area contributed by atoms with Crippen LogP contribution in [0.25, 0.3) is 0 Å². The fourth-order valence-corrected chi connectivity index (χ4v) is 5.81. The minimum Gasteiger partial charge on any atom is -0.837 e. The van der Waals surface area contributed by atoms with E-state index in [1.165, 1.54) is 12.1 Å². The topological polar surface area (TPSA) is 71.2 Å². The monoisotopic (exact) mass is 485 g/mol. The van der Waals surface area contributed by atoms with Crippen molar-refractivity contribution in [2.75, 3.05) is 19.6 Å². The Balaban J connectivity index is 1.26. The molecular weight excluding hydrogens is 457 g/mol. The Kier molecular flexibility index (Phi) is 5.82. The average Bonchev–Trinajstić information content (AvgIpc) is 3.38. The summed E-state index contributed by atoms with van der Waals surface area (Å²) in [5.74, 6) is 1.30. The van der Waals surface area contributed by atoms with E-state index < -0.39 is 5.60 Å². The van der Waals surface area contributed by atoms with Gasteiger partial charge in [0.2, 0.25) is 0 Å². The van der Waals surface area contributed by atoms with Gasteiger partial charge in [0.15, 0.2) is 18.5 Å². The fraction of sp³-hybridized carbons (Fsp3) is 0.310. The van der Waals surface area contributed by atoms with Gasteiger partial charge in [-0.25, -0.2) is 4.39 Å². The van der Waals surface area contributed by atoms with Crippen molar-refractivity contribution < 1.29 is 23.2 Å². The number of hydrogen-bond acceptors (Lipinski definition) is 5. The Morgan fingerprint density at radius 3 is 2.25 bits per heavy atom. The Bertz CT molecular complexity index is 1280.